The SMILES string of the molecule is Cc1c(C(=O)Nc2ccc(N=Nc3ccccc3)c(NC(=O)c3cccc([N+](=O)[O-])c3C)c2)cccc1[N+](=O)[O-]. The van der Waals surface area contributed by atoms with Crippen LogP contribution >= 0.6 is 0 Å². The third kappa shape index (κ3) is 6.02. The first kappa shape index (κ1) is 27.3. The molecule has 0 heterocycles. The van der Waals surface area contributed by atoms with Crippen LogP contribution in [0.3, 0.4) is 0 Å². The van der Waals surface area contributed by atoms with Crippen molar-refractivity contribution < 1.29 is 19.4 Å². The van der Waals surface area contributed by atoms with E-state index in [-0.39, 0.29) is 50.7 Å². The van der Waals surface area contributed by atoms with Crippen molar-refractivity contribution in [1.82, 2.24) is 0 Å². The summed E-state index contributed by atoms with van der Waals surface area (Å²) >= 11 is 0. The molecule has 2 amide bonds. The number of carbonyl (C=O) groups is 2. The lowest BCUT2D eigenvalue weighted by Gasteiger charge is -2.13. The van der Waals surface area contributed by atoms with E-state index in [0.29, 0.717) is 5.69 Å². The summed E-state index contributed by atoms with van der Waals surface area (Å²) in [6.45, 7) is 2.95. The smallest absolute Gasteiger partial charge is 0.273 e. The Balaban J connectivity index is 1.69. The van der Waals surface area contributed by atoms with Crippen LogP contribution in [0.2, 0.25) is 0 Å². The number of amides is 2. The molecule has 0 aliphatic rings. The third-order valence-electron chi connectivity index (χ3n) is 6.03. The maximum Gasteiger partial charge on any atom is 0.273 e. The van der Waals surface area contributed by atoms with Crippen LogP contribution in [0.4, 0.5) is 34.1 Å². The molecule has 4 aromatic carbocycles. The zero-order valence-corrected chi connectivity index (χ0v) is 21.3. The van der Waals surface area contributed by atoms with Crippen molar-refractivity contribution in [3.63, 3.8) is 0 Å². The number of benzene rings is 4. The molecule has 0 aromatic heterocycles. The molecule has 0 saturated carbocycles. The van der Waals surface area contributed by atoms with Crippen molar-refractivity contribution in [2.24, 2.45) is 10.2 Å². The molecule has 0 bridgehead atoms. The molecule has 0 unspecified atom stereocenters. The van der Waals surface area contributed by atoms with Gasteiger partial charge >= 0.3 is 0 Å². The van der Waals surface area contributed by atoms with E-state index in [1.54, 1.807) is 24.3 Å². The van der Waals surface area contributed by atoms with Crippen LogP contribution in [0.25, 0.3) is 0 Å². The maximum absolute atomic E-state index is 13.2. The lowest BCUT2D eigenvalue weighted by Crippen LogP contribution is -2.16. The van der Waals surface area contributed by atoms with Gasteiger partial charge in [-0.15, -0.1) is 5.11 Å². The molecule has 0 atom stereocenters. The maximum atomic E-state index is 13.2. The third-order valence-corrected chi connectivity index (χ3v) is 6.03. The highest BCUT2D eigenvalue weighted by Crippen LogP contribution is 2.32. The van der Waals surface area contributed by atoms with Crippen molar-refractivity contribution in [2.75, 3.05) is 10.6 Å². The number of hydrogen-bond acceptors (Lipinski definition) is 8. The highest BCUT2D eigenvalue weighted by Gasteiger charge is 2.21. The van der Waals surface area contributed by atoms with Gasteiger partial charge in [-0.2, -0.15) is 5.11 Å². The molecule has 0 aliphatic heterocycles. The predicted octanol–water partition coefficient (Wildman–Crippen LogP) is 7.04. The molecule has 0 radical (unpaired) electrons. The molecule has 12 nitrogen and oxygen atoms in total. The van der Waals surface area contributed by atoms with Crippen molar-refractivity contribution in [1.29, 1.82) is 0 Å². The van der Waals surface area contributed by atoms with Crippen LogP contribution in [0.5, 0.6) is 0 Å². The lowest BCUT2D eigenvalue weighted by molar-refractivity contribution is -0.385. The van der Waals surface area contributed by atoms with E-state index in [0.717, 1.165) is 0 Å². The van der Waals surface area contributed by atoms with E-state index in [1.807, 2.05) is 6.07 Å². The first-order valence-corrected chi connectivity index (χ1v) is 11.9. The van der Waals surface area contributed by atoms with Crippen LogP contribution in [-0.2, 0) is 0 Å². The summed E-state index contributed by atoms with van der Waals surface area (Å²) in [5.41, 5.74) is 1.44. The average molecular weight is 539 g/mol. The molecule has 4 rings (SSSR count). The van der Waals surface area contributed by atoms with Gasteiger partial charge in [-0.1, -0.05) is 30.3 Å². The molecule has 0 spiro atoms. The molecule has 2 N–H and O–H groups in total. The Morgan fingerprint density at radius 1 is 0.675 bits per heavy atom. The number of azo groups is 1. The quantitative estimate of drug-likeness (QED) is 0.138. The minimum atomic E-state index is -0.629. The summed E-state index contributed by atoms with van der Waals surface area (Å²) < 4.78 is 0. The number of nitrogens with one attached hydrogen (secondary N) is 2. The van der Waals surface area contributed by atoms with Gasteiger partial charge in [-0.25, -0.2) is 0 Å². The molecule has 200 valence electrons. The second kappa shape index (κ2) is 11.7. The number of nitrogens with zero attached hydrogens (tertiary/aromatic N) is 4. The molecule has 12 heteroatoms. The van der Waals surface area contributed by atoms with Crippen molar-refractivity contribution in [3.05, 3.63) is 127 Å². The zero-order chi connectivity index (χ0) is 28.8. The predicted molar refractivity (Wildman–Crippen MR) is 149 cm³/mol. The number of anilines is 2. The van der Waals surface area contributed by atoms with E-state index in [9.17, 15) is 29.8 Å². The van der Waals surface area contributed by atoms with E-state index in [1.165, 1.54) is 68.4 Å². The van der Waals surface area contributed by atoms with Crippen molar-refractivity contribution in [2.45, 2.75) is 13.8 Å². The Morgan fingerprint density at radius 2 is 1.23 bits per heavy atom. The standard InChI is InChI=1S/C28H22N6O6/c1-17-21(10-6-12-25(17)33(37)38)27(35)29-20-14-15-23(32-31-19-8-4-3-5-9-19)24(16-20)30-28(36)22-11-7-13-26(18(22)2)34(39)40/h3-16H,1-2H3,(H,29,35)(H,30,36). The van der Waals surface area contributed by atoms with Crippen LogP contribution in [0, 0.1) is 34.1 Å². The van der Waals surface area contributed by atoms with Gasteiger partial charge in [-0.3, -0.25) is 29.8 Å². The second-order valence-electron chi connectivity index (χ2n) is 8.59. The Labute approximate surface area is 227 Å². The van der Waals surface area contributed by atoms with Crippen LogP contribution in [0.15, 0.2) is 95.2 Å². The van der Waals surface area contributed by atoms with Crippen LogP contribution in [0.1, 0.15) is 31.8 Å². The minimum Gasteiger partial charge on any atom is -0.322 e. The number of nitro groups is 2. The highest BCUT2D eigenvalue weighted by molar-refractivity contribution is 6.09. The largest absolute Gasteiger partial charge is 0.322 e. The summed E-state index contributed by atoms with van der Waals surface area (Å²) in [6, 6.07) is 21.8. The topological polar surface area (TPSA) is 169 Å². The Morgan fingerprint density at radius 3 is 1.77 bits per heavy atom. The van der Waals surface area contributed by atoms with Crippen molar-refractivity contribution in [3.8, 4) is 0 Å². The number of rotatable bonds is 8. The van der Waals surface area contributed by atoms with E-state index < -0.39 is 21.7 Å². The lowest BCUT2D eigenvalue weighted by atomic mass is 10.1. The van der Waals surface area contributed by atoms with Crippen LogP contribution in [-0.4, -0.2) is 21.7 Å². The molecule has 4 aromatic rings. The minimum absolute atomic E-state index is 0.0850. The van der Waals surface area contributed by atoms with Gasteiger partial charge in [0.25, 0.3) is 23.2 Å². The summed E-state index contributed by atoms with van der Waals surface area (Å²) in [5.74, 6) is -1.22. The van der Waals surface area contributed by atoms with Gasteiger partial charge in [-0.05, 0) is 56.3 Å². The van der Waals surface area contributed by atoms with Gasteiger partial charge in [0.2, 0.25) is 0 Å². The summed E-state index contributed by atoms with van der Waals surface area (Å²) in [7, 11) is 0. The average Bonchev–Trinajstić information content (AvgIpc) is 2.93. The zero-order valence-electron chi connectivity index (χ0n) is 21.3. The fourth-order valence-electron chi connectivity index (χ4n) is 3.93. The van der Waals surface area contributed by atoms with Gasteiger partial charge < -0.3 is 10.6 Å². The number of carbonyl (C=O) groups excluding carboxylic acids is 2. The first-order valence-electron chi connectivity index (χ1n) is 11.9. The molecule has 40 heavy (non-hydrogen) atoms. The fraction of sp³-hybridized carbons (Fsp3) is 0.0714. The van der Waals surface area contributed by atoms with Crippen LogP contribution < -0.4 is 10.6 Å². The first-order chi connectivity index (χ1) is 19.2. The normalized spacial score (nSPS) is 10.8. The molecular weight excluding hydrogens is 516 g/mol. The van der Waals surface area contributed by atoms with Gasteiger partial charge in [0.05, 0.1) is 21.2 Å². The summed E-state index contributed by atoms with van der Waals surface area (Å²) in [6.07, 6.45) is 0. The van der Waals surface area contributed by atoms with E-state index >= 15 is 0 Å². The second-order valence-corrected chi connectivity index (χ2v) is 8.59. The monoisotopic (exact) mass is 538 g/mol. The Hall–Kier alpha value is -5.78. The van der Waals surface area contributed by atoms with Gasteiger partial charge in [0.1, 0.15) is 5.69 Å². The molecule has 0 saturated heterocycles. The van der Waals surface area contributed by atoms with Gasteiger partial charge in [0, 0.05) is 40.1 Å². The Kier molecular flexibility index (Phi) is 7.99. The van der Waals surface area contributed by atoms with E-state index in [2.05, 4.69) is 20.9 Å². The van der Waals surface area contributed by atoms with Crippen molar-refractivity contribution >= 4 is 45.9 Å². The molecule has 0 aliphatic carbocycles. The highest BCUT2D eigenvalue weighted by atomic mass is 16.6. The molecule has 0 fully saturated rings. The summed E-state index contributed by atoms with van der Waals surface area (Å²) in [5, 5.41) is 36.4. The Bertz CT molecular complexity index is 1670. The summed E-state index contributed by atoms with van der Waals surface area (Å²) in [4.78, 5) is 47.6. The number of nitro benzene ring substituents is 2. The van der Waals surface area contributed by atoms with Gasteiger partial charge in [0.15, 0.2) is 0 Å². The molecular formula is C28H22N6O6. The number of hydrogen-bond donors (Lipinski definition) is 2. The fourth-order valence-corrected chi connectivity index (χ4v) is 3.93. The van der Waals surface area contributed by atoms with E-state index in [4.69, 9.17) is 0 Å².